The number of carbonyl (C=O) groups excluding carboxylic acids is 1. The Morgan fingerprint density at radius 1 is 1.17 bits per heavy atom. The average Bonchev–Trinajstić information content (AvgIpc) is 3.29. The van der Waals surface area contributed by atoms with Crippen LogP contribution in [0.25, 0.3) is 0 Å². The van der Waals surface area contributed by atoms with E-state index in [4.69, 9.17) is 23.1 Å². The van der Waals surface area contributed by atoms with Gasteiger partial charge in [-0.15, -0.1) is 11.6 Å². The van der Waals surface area contributed by atoms with Crippen LogP contribution in [0.15, 0.2) is 12.2 Å². The van der Waals surface area contributed by atoms with E-state index in [0.29, 0.717) is 18.6 Å². The fourth-order valence-electron chi connectivity index (χ4n) is 6.99. The molecule has 35 heavy (non-hydrogen) atoms. The van der Waals surface area contributed by atoms with Gasteiger partial charge in [-0.05, 0) is 64.6 Å². The predicted molar refractivity (Wildman–Crippen MR) is 143 cm³/mol. The number of carbonyl (C=O) groups is 1. The van der Waals surface area contributed by atoms with Gasteiger partial charge in [-0.3, -0.25) is 9.69 Å². The van der Waals surface area contributed by atoms with Gasteiger partial charge in [-0.1, -0.05) is 25.0 Å². The number of nitrogens with one attached hydrogen (secondary N) is 3. The summed E-state index contributed by atoms with van der Waals surface area (Å²) in [4.78, 5) is 18.7. The minimum Gasteiger partial charge on any atom is -0.350 e. The van der Waals surface area contributed by atoms with Crippen molar-refractivity contribution in [2.24, 2.45) is 22.8 Å². The highest BCUT2D eigenvalue weighted by atomic mass is 35.5. The molecule has 0 bridgehead atoms. The van der Waals surface area contributed by atoms with E-state index < -0.39 is 12.1 Å². The van der Waals surface area contributed by atoms with Crippen molar-refractivity contribution in [3.63, 3.8) is 0 Å². The zero-order valence-corrected chi connectivity index (χ0v) is 22.5. The van der Waals surface area contributed by atoms with Crippen LogP contribution in [-0.2, 0) is 4.79 Å². The van der Waals surface area contributed by atoms with Crippen LogP contribution in [0.5, 0.6) is 0 Å². The van der Waals surface area contributed by atoms with Crippen LogP contribution in [0.2, 0.25) is 0 Å². The van der Waals surface area contributed by atoms with Gasteiger partial charge in [-0.25, -0.2) is 0 Å². The van der Waals surface area contributed by atoms with Gasteiger partial charge in [-0.2, -0.15) is 0 Å². The number of nitrogens with zero attached hydrogens (tertiary/aromatic N) is 2. The zero-order chi connectivity index (χ0) is 25.0. The summed E-state index contributed by atoms with van der Waals surface area (Å²) >= 11 is 6.55. The van der Waals surface area contributed by atoms with Crippen LogP contribution in [0, 0.1) is 11.3 Å². The fraction of sp³-hybridized carbons (Fsp3) is 0.885. The molecule has 4 aliphatic rings. The maximum atomic E-state index is 13.8. The second-order valence-corrected chi connectivity index (χ2v) is 12.2. The number of allylic oxidation sites excluding steroid dienone is 1. The lowest BCUT2D eigenvalue weighted by Gasteiger charge is -2.45. The Labute approximate surface area is 216 Å². The third-order valence-corrected chi connectivity index (χ3v) is 9.38. The molecule has 9 heteroatoms. The maximum Gasteiger partial charge on any atom is 0.227 e. The number of halogens is 1. The average molecular weight is 510 g/mol. The first-order chi connectivity index (χ1) is 16.8. The highest BCUT2D eigenvalue weighted by Crippen LogP contribution is 2.45. The summed E-state index contributed by atoms with van der Waals surface area (Å²) in [7, 11) is 4.34. The number of nitrogens with two attached hydrogens (primary N) is 2. The molecule has 0 aromatic carbocycles. The normalized spacial score (nSPS) is 33.7. The zero-order valence-electron chi connectivity index (χ0n) is 21.7. The quantitative estimate of drug-likeness (QED) is 0.204. The first kappa shape index (κ1) is 27.3. The number of hydrogen-bond donors (Lipinski definition) is 5. The van der Waals surface area contributed by atoms with Crippen LogP contribution < -0.4 is 27.4 Å². The molecule has 7 N–H and O–H groups in total. The van der Waals surface area contributed by atoms with E-state index in [9.17, 15) is 4.79 Å². The fourth-order valence-corrected chi connectivity index (χ4v) is 7.15. The van der Waals surface area contributed by atoms with Gasteiger partial charge >= 0.3 is 0 Å². The number of amides is 1. The third-order valence-electron chi connectivity index (χ3n) is 9.08. The molecule has 1 amide bonds. The number of hydrogen-bond acceptors (Lipinski definition) is 7. The molecule has 5 unspecified atom stereocenters. The van der Waals surface area contributed by atoms with Gasteiger partial charge in [0, 0.05) is 44.3 Å². The first-order valence-electron chi connectivity index (χ1n) is 13.8. The Hall–Kier alpha value is -0.740. The SMILES string of the molecule is CN(C)C1CCN(C2CCNCC2NC(=O)C(C(N)N)C2CC3(C=CC(Cl)CN2)CCCC3)CC1. The highest BCUT2D eigenvalue weighted by Gasteiger charge is 2.42. The summed E-state index contributed by atoms with van der Waals surface area (Å²) in [6, 6.07) is 0.960. The third kappa shape index (κ3) is 6.78. The molecule has 0 aromatic rings. The molecule has 5 atom stereocenters. The molecular formula is C26H48ClN7O. The molecule has 0 aromatic heterocycles. The largest absolute Gasteiger partial charge is 0.350 e. The van der Waals surface area contributed by atoms with Crippen LogP contribution >= 0.6 is 11.6 Å². The topological polar surface area (TPSA) is 112 Å². The van der Waals surface area contributed by atoms with Gasteiger partial charge in [0.1, 0.15) is 0 Å². The van der Waals surface area contributed by atoms with Gasteiger partial charge < -0.3 is 32.3 Å². The summed E-state index contributed by atoms with van der Waals surface area (Å²) in [5.74, 6) is -0.520. The van der Waals surface area contributed by atoms with E-state index in [2.05, 4.69) is 52.0 Å². The van der Waals surface area contributed by atoms with E-state index in [-0.39, 0.29) is 28.8 Å². The van der Waals surface area contributed by atoms with E-state index >= 15 is 0 Å². The number of likely N-dealkylation sites (tertiary alicyclic amines) is 1. The van der Waals surface area contributed by atoms with Gasteiger partial charge in [0.2, 0.25) is 5.91 Å². The lowest BCUT2D eigenvalue weighted by atomic mass is 9.75. The number of piperidine rings is 2. The van der Waals surface area contributed by atoms with E-state index in [1.165, 1.54) is 25.7 Å². The summed E-state index contributed by atoms with van der Waals surface area (Å²) in [5, 5.41) is 10.4. The number of rotatable bonds is 6. The van der Waals surface area contributed by atoms with Crippen molar-refractivity contribution in [3.8, 4) is 0 Å². The van der Waals surface area contributed by atoms with Crippen molar-refractivity contribution in [3.05, 3.63) is 12.2 Å². The van der Waals surface area contributed by atoms with Crippen LogP contribution in [0.4, 0.5) is 0 Å². The highest BCUT2D eigenvalue weighted by molar-refractivity contribution is 6.22. The van der Waals surface area contributed by atoms with Crippen LogP contribution in [0.3, 0.4) is 0 Å². The van der Waals surface area contributed by atoms with Crippen molar-refractivity contribution in [1.82, 2.24) is 25.8 Å². The first-order valence-corrected chi connectivity index (χ1v) is 14.2. The molecule has 8 nitrogen and oxygen atoms in total. The number of alkyl halides is 1. The van der Waals surface area contributed by atoms with Gasteiger partial charge in [0.25, 0.3) is 0 Å². The molecule has 0 radical (unpaired) electrons. The molecular weight excluding hydrogens is 462 g/mol. The predicted octanol–water partition coefficient (Wildman–Crippen LogP) is 0.805. The summed E-state index contributed by atoms with van der Waals surface area (Å²) in [5.41, 5.74) is 12.7. The maximum absolute atomic E-state index is 13.8. The Morgan fingerprint density at radius 2 is 1.89 bits per heavy atom. The molecule has 3 aliphatic heterocycles. The molecule has 200 valence electrons. The molecule has 3 heterocycles. The summed E-state index contributed by atoms with van der Waals surface area (Å²) < 4.78 is 0. The Bertz CT molecular complexity index is 718. The molecule has 1 saturated carbocycles. The van der Waals surface area contributed by atoms with Crippen LogP contribution in [-0.4, -0.2) is 98.2 Å². The summed E-state index contributed by atoms with van der Waals surface area (Å²) in [6.45, 7) is 4.54. The van der Waals surface area contributed by atoms with Crippen molar-refractivity contribution in [2.75, 3.05) is 46.8 Å². The smallest absolute Gasteiger partial charge is 0.227 e. The minimum atomic E-state index is -0.728. The Morgan fingerprint density at radius 3 is 2.54 bits per heavy atom. The van der Waals surface area contributed by atoms with Gasteiger partial charge in [0.15, 0.2) is 0 Å². The van der Waals surface area contributed by atoms with Crippen molar-refractivity contribution < 1.29 is 4.79 Å². The van der Waals surface area contributed by atoms with Crippen molar-refractivity contribution in [1.29, 1.82) is 0 Å². The lowest BCUT2D eigenvalue weighted by Crippen LogP contribution is -2.65. The lowest BCUT2D eigenvalue weighted by molar-refractivity contribution is -0.128. The van der Waals surface area contributed by atoms with Gasteiger partial charge in [0.05, 0.1) is 23.5 Å². The molecule has 4 rings (SSSR count). The Balaban J connectivity index is 1.45. The van der Waals surface area contributed by atoms with E-state index in [1.54, 1.807) is 0 Å². The molecule has 3 fully saturated rings. The van der Waals surface area contributed by atoms with Crippen molar-refractivity contribution in [2.45, 2.75) is 87.1 Å². The molecule has 1 aliphatic carbocycles. The summed E-state index contributed by atoms with van der Waals surface area (Å²) in [6.07, 6.45) is 12.7. The molecule has 2 saturated heterocycles. The Kier molecular flexibility index (Phi) is 9.52. The second-order valence-electron chi connectivity index (χ2n) is 11.7. The minimum absolute atomic E-state index is 0.0248. The van der Waals surface area contributed by atoms with Crippen LogP contribution in [0.1, 0.15) is 51.4 Å². The standard InChI is InChI=1S/C26H48ClN7O/c1-33(2)19-7-13-34(14-8-19)22-6-12-30-17-21(22)32-25(35)23(24(28)29)20-15-26(9-3-4-10-26)11-5-18(27)16-31-20/h5,11,18-24,30-31H,3-4,6-10,12-17,28-29H2,1-2H3,(H,32,35). The molecule has 1 spiro atoms. The van der Waals surface area contributed by atoms with Crippen molar-refractivity contribution >= 4 is 17.5 Å². The van der Waals surface area contributed by atoms with E-state index in [0.717, 1.165) is 51.9 Å². The van der Waals surface area contributed by atoms with E-state index in [1.807, 2.05) is 0 Å². The second kappa shape index (κ2) is 12.2. The monoisotopic (exact) mass is 509 g/mol.